The highest BCUT2D eigenvalue weighted by atomic mass is 32.2. The minimum atomic E-state index is -4.55. The number of thioether (sulfide) groups is 1. The molecule has 1 saturated heterocycles. The lowest BCUT2D eigenvalue weighted by Gasteiger charge is -2.16. The molecule has 0 N–H and O–H groups in total. The maximum atomic E-state index is 13.0. The van der Waals surface area contributed by atoms with Crippen LogP contribution in [0.1, 0.15) is 11.1 Å². The fourth-order valence-corrected chi connectivity index (χ4v) is 3.81. The van der Waals surface area contributed by atoms with E-state index in [2.05, 4.69) is 0 Å². The van der Waals surface area contributed by atoms with Crippen LogP contribution in [-0.2, 0) is 15.8 Å². The van der Waals surface area contributed by atoms with Gasteiger partial charge in [0, 0.05) is 5.56 Å². The average Bonchev–Trinajstić information content (AvgIpc) is 2.93. The molecule has 0 bridgehead atoms. The number of hydrogen-bond acceptors (Lipinski definition) is 6. The number of benzene rings is 2. The number of amides is 1. The van der Waals surface area contributed by atoms with Crippen molar-refractivity contribution in [2.45, 2.75) is 6.18 Å². The summed E-state index contributed by atoms with van der Waals surface area (Å²) in [6.45, 7) is -0.671. The maximum Gasteiger partial charge on any atom is 0.416 e. The summed E-state index contributed by atoms with van der Waals surface area (Å²) in [6.07, 6.45) is -3.11. The second-order valence-corrected chi connectivity index (χ2v) is 7.44. The minimum Gasteiger partial charge on any atom is -0.546 e. The standard InChI is InChI=1S/C19H12F3NO4S2/c20-19(21,22)12-5-3-6-13(9-12)23-17(26)15(29-18(23)28)8-11-4-1-2-7-14(11)27-10-16(24)25/h1-9H,10H2,(H,24,25)/p-1/b15-8-. The van der Waals surface area contributed by atoms with Crippen molar-refractivity contribution in [2.24, 2.45) is 0 Å². The first-order valence-corrected chi connectivity index (χ1v) is 9.26. The van der Waals surface area contributed by atoms with Gasteiger partial charge in [0.05, 0.1) is 22.1 Å². The number of carbonyl (C=O) groups is 2. The van der Waals surface area contributed by atoms with Gasteiger partial charge in [-0.2, -0.15) is 13.2 Å². The molecule has 1 fully saturated rings. The number of alkyl halides is 3. The minimum absolute atomic E-state index is 0.00668. The van der Waals surface area contributed by atoms with Crippen LogP contribution >= 0.6 is 24.0 Å². The Morgan fingerprint density at radius 3 is 2.62 bits per heavy atom. The van der Waals surface area contributed by atoms with Crippen LogP contribution < -0.4 is 14.7 Å². The normalized spacial score (nSPS) is 15.8. The molecule has 0 radical (unpaired) electrons. The molecule has 1 heterocycles. The first-order valence-electron chi connectivity index (χ1n) is 8.03. The maximum absolute atomic E-state index is 13.0. The second-order valence-electron chi connectivity index (χ2n) is 5.76. The van der Waals surface area contributed by atoms with Gasteiger partial charge in [-0.25, -0.2) is 0 Å². The highest BCUT2D eigenvalue weighted by Crippen LogP contribution is 2.39. The van der Waals surface area contributed by atoms with Crippen molar-refractivity contribution < 1.29 is 32.6 Å². The van der Waals surface area contributed by atoms with Gasteiger partial charge in [0.2, 0.25) is 0 Å². The summed E-state index contributed by atoms with van der Waals surface area (Å²) in [6, 6.07) is 10.7. The summed E-state index contributed by atoms with van der Waals surface area (Å²) in [5.74, 6) is -1.79. The van der Waals surface area contributed by atoms with Crippen molar-refractivity contribution in [3.05, 3.63) is 64.6 Å². The number of nitrogens with zero attached hydrogens (tertiary/aromatic N) is 1. The lowest BCUT2D eigenvalue weighted by atomic mass is 10.1. The molecule has 0 atom stereocenters. The molecule has 0 spiro atoms. The Labute approximate surface area is 172 Å². The molecule has 29 heavy (non-hydrogen) atoms. The number of carboxylic acid groups (broad SMARTS) is 1. The molecule has 2 aromatic rings. The van der Waals surface area contributed by atoms with Gasteiger partial charge in [-0.3, -0.25) is 9.69 Å². The van der Waals surface area contributed by atoms with Gasteiger partial charge < -0.3 is 14.6 Å². The molecule has 1 amide bonds. The van der Waals surface area contributed by atoms with Crippen LogP contribution in [0.5, 0.6) is 5.75 Å². The van der Waals surface area contributed by atoms with Crippen molar-refractivity contribution in [2.75, 3.05) is 11.5 Å². The summed E-state index contributed by atoms with van der Waals surface area (Å²) in [5.41, 5.74) is -0.473. The van der Waals surface area contributed by atoms with Gasteiger partial charge in [0.25, 0.3) is 5.91 Å². The molecular formula is C19H11F3NO4S2-. The highest BCUT2D eigenvalue weighted by molar-refractivity contribution is 8.27. The third-order valence-corrected chi connectivity index (χ3v) is 5.08. The van der Waals surface area contributed by atoms with Crippen LogP contribution in [0.15, 0.2) is 53.4 Å². The van der Waals surface area contributed by atoms with Gasteiger partial charge in [-0.15, -0.1) is 0 Å². The number of hydrogen-bond donors (Lipinski definition) is 0. The van der Waals surface area contributed by atoms with E-state index >= 15 is 0 Å². The molecule has 5 nitrogen and oxygen atoms in total. The van der Waals surface area contributed by atoms with Crippen molar-refractivity contribution in [3.63, 3.8) is 0 Å². The first kappa shape index (κ1) is 20.9. The Kier molecular flexibility index (Phi) is 5.94. The summed E-state index contributed by atoms with van der Waals surface area (Å²) in [5, 5.41) is 10.6. The van der Waals surface area contributed by atoms with E-state index in [1.807, 2.05) is 0 Å². The number of aliphatic carboxylic acids is 1. The molecule has 0 saturated carbocycles. The van der Waals surface area contributed by atoms with Gasteiger partial charge in [-0.05, 0) is 30.3 Å². The molecule has 3 rings (SSSR count). The fourth-order valence-electron chi connectivity index (χ4n) is 2.52. The zero-order chi connectivity index (χ0) is 21.2. The van der Waals surface area contributed by atoms with E-state index in [1.54, 1.807) is 18.2 Å². The van der Waals surface area contributed by atoms with E-state index in [0.29, 0.717) is 5.56 Å². The monoisotopic (exact) mass is 438 g/mol. The number of para-hydroxylation sites is 1. The number of carboxylic acids is 1. The second kappa shape index (κ2) is 8.26. The van der Waals surface area contributed by atoms with Crippen LogP contribution in [0.3, 0.4) is 0 Å². The highest BCUT2D eigenvalue weighted by Gasteiger charge is 2.36. The van der Waals surface area contributed by atoms with E-state index in [-0.39, 0.29) is 20.7 Å². The predicted molar refractivity (Wildman–Crippen MR) is 104 cm³/mol. The van der Waals surface area contributed by atoms with E-state index in [1.165, 1.54) is 24.3 Å². The molecule has 2 aromatic carbocycles. The Morgan fingerprint density at radius 2 is 1.93 bits per heavy atom. The van der Waals surface area contributed by atoms with Gasteiger partial charge in [0.15, 0.2) is 4.32 Å². The smallest absolute Gasteiger partial charge is 0.416 e. The topological polar surface area (TPSA) is 69.7 Å². The van der Waals surface area contributed by atoms with Crippen molar-refractivity contribution in [3.8, 4) is 5.75 Å². The summed E-state index contributed by atoms with van der Waals surface area (Å²) < 4.78 is 44.1. The Morgan fingerprint density at radius 1 is 1.21 bits per heavy atom. The van der Waals surface area contributed by atoms with Crippen LogP contribution in [-0.4, -0.2) is 22.8 Å². The number of rotatable bonds is 5. The third-order valence-electron chi connectivity index (χ3n) is 3.78. The van der Waals surface area contributed by atoms with E-state index in [4.69, 9.17) is 17.0 Å². The van der Waals surface area contributed by atoms with Crippen LogP contribution in [0.4, 0.5) is 18.9 Å². The molecule has 150 valence electrons. The molecule has 0 aliphatic carbocycles. The lowest BCUT2D eigenvalue weighted by Crippen LogP contribution is -2.29. The van der Waals surface area contributed by atoms with Crippen molar-refractivity contribution in [1.82, 2.24) is 0 Å². The quantitative estimate of drug-likeness (QED) is 0.527. The number of halogens is 3. The molecule has 1 aliphatic rings. The summed E-state index contributed by atoms with van der Waals surface area (Å²) in [7, 11) is 0. The summed E-state index contributed by atoms with van der Waals surface area (Å²) >= 11 is 6.10. The Hall–Kier alpha value is -2.85. The third kappa shape index (κ3) is 4.77. The zero-order valence-corrected chi connectivity index (χ0v) is 16.1. The largest absolute Gasteiger partial charge is 0.546 e. The number of thiocarbonyl (C=S) groups is 1. The predicted octanol–water partition coefficient (Wildman–Crippen LogP) is 3.24. The van der Waals surface area contributed by atoms with Gasteiger partial charge >= 0.3 is 6.18 Å². The lowest BCUT2D eigenvalue weighted by molar-refractivity contribution is -0.307. The van der Waals surface area contributed by atoms with Gasteiger partial charge in [0.1, 0.15) is 12.4 Å². The number of carbonyl (C=O) groups excluding carboxylic acids is 2. The Balaban J connectivity index is 1.91. The number of ether oxygens (including phenoxy) is 1. The summed E-state index contributed by atoms with van der Waals surface area (Å²) in [4.78, 5) is 24.6. The molecule has 0 aromatic heterocycles. The average molecular weight is 438 g/mol. The first-order chi connectivity index (χ1) is 13.7. The molecular weight excluding hydrogens is 427 g/mol. The van der Waals surface area contributed by atoms with Crippen molar-refractivity contribution in [1.29, 1.82) is 0 Å². The van der Waals surface area contributed by atoms with Crippen LogP contribution in [0, 0.1) is 0 Å². The zero-order valence-electron chi connectivity index (χ0n) is 14.4. The SMILES string of the molecule is O=C([O-])COc1ccccc1/C=C1\SC(=S)N(c2cccc(C(F)(F)F)c2)C1=O. The molecule has 10 heteroatoms. The molecule has 1 aliphatic heterocycles. The Bertz CT molecular complexity index is 1020. The van der Waals surface area contributed by atoms with E-state index < -0.39 is 30.2 Å². The van der Waals surface area contributed by atoms with E-state index in [9.17, 15) is 27.9 Å². The van der Waals surface area contributed by atoms with Crippen molar-refractivity contribution >= 4 is 51.9 Å². The van der Waals surface area contributed by atoms with E-state index in [0.717, 1.165) is 28.8 Å². The fraction of sp³-hybridized carbons (Fsp3) is 0.105. The van der Waals surface area contributed by atoms with Crippen LogP contribution in [0.2, 0.25) is 0 Å². The van der Waals surface area contributed by atoms with Crippen LogP contribution in [0.25, 0.3) is 6.08 Å². The molecule has 0 unspecified atom stereocenters. The number of anilines is 1. The van der Waals surface area contributed by atoms with Gasteiger partial charge in [-0.1, -0.05) is 48.2 Å².